The van der Waals surface area contributed by atoms with Crippen molar-refractivity contribution in [2.75, 3.05) is 0 Å². The third kappa shape index (κ3) is 6.07. The smallest absolute Gasteiger partial charge is 0.217 e. The van der Waals surface area contributed by atoms with Gasteiger partial charge in [-0.15, -0.1) is 0 Å². The second-order valence-electron chi connectivity index (χ2n) is 12.5. The van der Waals surface area contributed by atoms with Gasteiger partial charge in [-0.3, -0.25) is 4.98 Å². The fourth-order valence-corrected chi connectivity index (χ4v) is 11.0. The lowest BCUT2D eigenvalue weighted by molar-refractivity contribution is 0.590. The van der Waals surface area contributed by atoms with Crippen LogP contribution in [0, 0.1) is 0 Å². The first-order valence-corrected chi connectivity index (χ1v) is 17.5. The van der Waals surface area contributed by atoms with Crippen molar-refractivity contribution >= 4 is 36.6 Å². The van der Waals surface area contributed by atoms with E-state index in [0.717, 1.165) is 19.2 Å². The summed E-state index contributed by atoms with van der Waals surface area (Å²) in [4.78, 5) is 5.01. The highest BCUT2D eigenvalue weighted by Gasteiger charge is 2.41. The van der Waals surface area contributed by atoms with E-state index in [4.69, 9.17) is 4.98 Å². The third-order valence-electron chi connectivity index (χ3n) is 8.75. The molecule has 6 aromatic rings. The number of nitrogens with zero attached hydrogens (tertiary/aromatic N) is 2. The summed E-state index contributed by atoms with van der Waals surface area (Å²) in [5.41, 5.74) is 5.18. The highest BCUT2D eigenvalue weighted by Crippen LogP contribution is 2.24. The van der Waals surface area contributed by atoms with Crippen LogP contribution in [0.15, 0.2) is 158 Å². The zero-order valence-electron chi connectivity index (χ0n) is 25.4. The van der Waals surface area contributed by atoms with Crippen LogP contribution in [0.5, 0.6) is 0 Å². The molecule has 5 aromatic carbocycles. The Balaban J connectivity index is 1.51. The Morgan fingerprint density at radius 3 is 1.63 bits per heavy atom. The van der Waals surface area contributed by atoms with E-state index in [1.165, 1.54) is 32.3 Å². The fourth-order valence-electron chi connectivity index (χ4n) is 6.38. The average molecular weight is 575 g/mol. The van der Waals surface area contributed by atoms with Crippen LogP contribution in [-0.4, -0.2) is 24.9 Å². The normalized spacial score (nSPS) is 11.9. The molecule has 0 aliphatic heterocycles. The van der Waals surface area contributed by atoms with E-state index in [0.29, 0.717) is 0 Å². The summed E-state index contributed by atoms with van der Waals surface area (Å²) in [6.07, 6.45) is 5.06. The Hall–Kier alpha value is -4.41. The molecule has 0 aliphatic carbocycles. The molecule has 0 N–H and O–H groups in total. The zero-order valence-corrected chi connectivity index (χ0v) is 26.4. The Labute approximate surface area is 258 Å². The summed E-state index contributed by atoms with van der Waals surface area (Å²) < 4.78 is 2.45. The van der Waals surface area contributed by atoms with Crippen molar-refractivity contribution in [3.8, 4) is 0 Å². The fraction of sp³-hybridized carbons (Fsp3) is 0.154. The molecule has 0 radical (unpaired) electrons. The summed E-state index contributed by atoms with van der Waals surface area (Å²) in [5.74, 6) is 0.220. The lowest BCUT2D eigenvalue weighted by atomic mass is 9.58. The topological polar surface area (TPSA) is 17.8 Å². The molecule has 212 valence electrons. The molecule has 0 saturated heterocycles. The van der Waals surface area contributed by atoms with Crippen LogP contribution in [0.25, 0.3) is 0 Å². The summed E-state index contributed by atoms with van der Waals surface area (Å²) >= 11 is 0. The summed E-state index contributed by atoms with van der Waals surface area (Å²) in [7, 11) is -1.73. The van der Waals surface area contributed by atoms with E-state index in [-0.39, 0.29) is 11.2 Å². The molecule has 4 heteroatoms. The lowest BCUT2D eigenvalue weighted by Crippen LogP contribution is -2.70. The molecule has 43 heavy (non-hydrogen) atoms. The van der Waals surface area contributed by atoms with Gasteiger partial charge in [-0.05, 0) is 43.5 Å². The molecular formula is C39H39BN2Si. The number of hydrogen-bond acceptors (Lipinski definition) is 1. The molecule has 6 rings (SSSR count). The molecule has 0 atom stereocenters. The van der Waals surface area contributed by atoms with Crippen LogP contribution in [0.3, 0.4) is 0 Å². The molecule has 0 saturated carbocycles. The molecule has 1 aromatic heterocycles. The van der Waals surface area contributed by atoms with Gasteiger partial charge >= 0.3 is 0 Å². The van der Waals surface area contributed by atoms with Gasteiger partial charge in [-0.25, -0.2) is 0 Å². The standard InChI is InChI=1S/C39H39BN2Si/c1-39(2,3)33-21-16-26-36(29-33)43(34-22-12-6-13-23-34,35-24-14-7-15-25-35)30-42-28-27-41-38(42)40-37(31-17-8-4-9-18-31)32-19-10-5-11-20-32/h4-29,37,40H,30H2,1-3H3. The summed E-state index contributed by atoms with van der Waals surface area (Å²) in [6, 6.07) is 53.6. The first kappa shape index (κ1) is 28.7. The highest BCUT2D eigenvalue weighted by molar-refractivity contribution is 7.10. The molecule has 0 amide bonds. The first-order chi connectivity index (χ1) is 20.9. The Morgan fingerprint density at radius 2 is 1.12 bits per heavy atom. The van der Waals surface area contributed by atoms with E-state index in [9.17, 15) is 0 Å². The Kier molecular flexibility index (Phi) is 8.31. The maximum atomic E-state index is 5.01. The number of rotatable bonds is 9. The predicted octanol–water partition coefficient (Wildman–Crippen LogP) is 5.74. The number of aromatic nitrogens is 2. The van der Waals surface area contributed by atoms with Crippen molar-refractivity contribution in [3.63, 3.8) is 0 Å². The second-order valence-corrected chi connectivity index (χ2v) is 16.4. The second kappa shape index (κ2) is 12.4. The van der Waals surface area contributed by atoms with Crippen molar-refractivity contribution < 1.29 is 0 Å². The van der Waals surface area contributed by atoms with Crippen molar-refractivity contribution in [1.82, 2.24) is 9.55 Å². The Morgan fingerprint density at radius 1 is 0.628 bits per heavy atom. The van der Waals surface area contributed by atoms with Crippen LogP contribution < -0.4 is 21.3 Å². The van der Waals surface area contributed by atoms with E-state index in [2.05, 4.69) is 177 Å². The van der Waals surface area contributed by atoms with Gasteiger partial charge < -0.3 is 4.57 Å². The van der Waals surface area contributed by atoms with E-state index >= 15 is 0 Å². The molecule has 0 fully saturated rings. The first-order valence-electron chi connectivity index (χ1n) is 15.3. The van der Waals surface area contributed by atoms with Crippen LogP contribution in [0.2, 0.25) is 0 Å². The summed E-state index contributed by atoms with van der Waals surface area (Å²) in [5, 5.41) is 4.25. The van der Waals surface area contributed by atoms with Crippen LogP contribution in [0.4, 0.5) is 0 Å². The quantitative estimate of drug-likeness (QED) is 0.159. The minimum Gasteiger partial charge on any atom is -0.345 e. The Bertz CT molecular complexity index is 1660. The van der Waals surface area contributed by atoms with Gasteiger partial charge in [-0.2, -0.15) is 0 Å². The lowest BCUT2D eigenvalue weighted by Gasteiger charge is -2.35. The van der Waals surface area contributed by atoms with Gasteiger partial charge in [-0.1, -0.05) is 166 Å². The minimum atomic E-state index is -2.56. The van der Waals surface area contributed by atoms with Gasteiger partial charge in [0, 0.05) is 18.6 Å². The highest BCUT2D eigenvalue weighted by atomic mass is 28.3. The van der Waals surface area contributed by atoms with Crippen LogP contribution in [-0.2, 0) is 11.6 Å². The SMILES string of the molecule is CC(C)(C)c1cccc([Si](Cn2ccnc2BC(c2ccccc2)c2ccccc2)(c2ccccc2)c2ccccc2)c1. The molecule has 0 spiro atoms. The zero-order chi connectivity index (χ0) is 29.7. The van der Waals surface area contributed by atoms with Crippen molar-refractivity contribution in [2.45, 2.75) is 38.2 Å². The molecule has 1 heterocycles. The molecule has 0 aliphatic rings. The maximum Gasteiger partial charge on any atom is 0.217 e. The number of hydrogen-bond donors (Lipinski definition) is 0. The van der Waals surface area contributed by atoms with E-state index < -0.39 is 8.07 Å². The predicted molar refractivity (Wildman–Crippen MR) is 186 cm³/mol. The largest absolute Gasteiger partial charge is 0.345 e. The maximum absolute atomic E-state index is 5.01. The molecule has 0 unspecified atom stereocenters. The van der Waals surface area contributed by atoms with Gasteiger partial charge in [0.2, 0.25) is 7.28 Å². The van der Waals surface area contributed by atoms with Crippen molar-refractivity contribution in [2.24, 2.45) is 0 Å². The summed E-state index contributed by atoms with van der Waals surface area (Å²) in [6.45, 7) is 6.92. The van der Waals surface area contributed by atoms with E-state index in [1.54, 1.807) is 0 Å². The third-order valence-corrected chi connectivity index (χ3v) is 13.5. The van der Waals surface area contributed by atoms with Gasteiger partial charge in [0.25, 0.3) is 0 Å². The monoisotopic (exact) mass is 574 g/mol. The number of imidazole rings is 1. The van der Waals surface area contributed by atoms with E-state index in [1.807, 2.05) is 6.20 Å². The molecular weight excluding hydrogens is 535 g/mol. The average Bonchev–Trinajstić information content (AvgIpc) is 3.50. The van der Waals surface area contributed by atoms with Crippen LogP contribution in [0.1, 0.15) is 43.3 Å². The molecule has 0 bridgehead atoms. The van der Waals surface area contributed by atoms with Crippen molar-refractivity contribution in [1.29, 1.82) is 0 Å². The van der Waals surface area contributed by atoms with Gasteiger partial charge in [0.05, 0.1) is 5.72 Å². The van der Waals surface area contributed by atoms with Gasteiger partial charge in [0.1, 0.15) is 0 Å². The van der Waals surface area contributed by atoms with Crippen molar-refractivity contribution in [3.05, 3.63) is 175 Å². The molecule has 2 nitrogen and oxygen atoms in total. The van der Waals surface area contributed by atoms with Crippen LogP contribution >= 0.6 is 0 Å². The number of benzene rings is 5. The minimum absolute atomic E-state index is 0.0578. The van der Waals surface area contributed by atoms with Gasteiger partial charge in [0.15, 0.2) is 8.07 Å².